The van der Waals surface area contributed by atoms with Crippen LogP contribution in [0.5, 0.6) is 0 Å². The molecule has 0 aliphatic carbocycles. The topological polar surface area (TPSA) is 0 Å². The van der Waals surface area contributed by atoms with Gasteiger partial charge in [-0.25, -0.2) is 0 Å². The van der Waals surface area contributed by atoms with Gasteiger partial charge in [-0.15, -0.1) is 6.58 Å². The summed E-state index contributed by atoms with van der Waals surface area (Å²) in [5, 5.41) is 0. The lowest BCUT2D eigenvalue weighted by Gasteiger charge is -2.45. The molecular weight excluding hydrogens is 608 g/mol. The zero-order chi connectivity index (χ0) is 31.9. The van der Waals surface area contributed by atoms with Crippen molar-refractivity contribution in [1.29, 1.82) is 0 Å². The van der Waals surface area contributed by atoms with Gasteiger partial charge in [0.25, 0.3) is 0 Å². The van der Waals surface area contributed by atoms with Gasteiger partial charge in [-0.3, -0.25) is 0 Å². The van der Waals surface area contributed by atoms with Crippen molar-refractivity contribution in [2.24, 2.45) is 0 Å². The highest BCUT2D eigenvalue weighted by Crippen LogP contribution is 2.66. The summed E-state index contributed by atoms with van der Waals surface area (Å²) in [7, 11) is 0. The summed E-state index contributed by atoms with van der Waals surface area (Å²) < 4.78 is 274. The van der Waals surface area contributed by atoms with Gasteiger partial charge < -0.3 is 0 Å². The van der Waals surface area contributed by atoms with Crippen LogP contribution in [0.25, 0.3) is 0 Å². The minimum atomic E-state index is -9.00. The highest BCUT2D eigenvalue weighted by Gasteiger charge is 2.97. The Morgan fingerprint density at radius 3 is 0.872 bits per heavy atom. The van der Waals surface area contributed by atoms with Crippen molar-refractivity contribution < 1.29 is 87.8 Å². The van der Waals surface area contributed by atoms with E-state index in [9.17, 15) is 87.8 Å². The number of hydrogen-bond donors (Lipinski definition) is 0. The Labute approximate surface area is 205 Å². The lowest BCUT2D eigenvalue weighted by atomic mass is 9.84. The number of hydrogen-bond acceptors (Lipinski definition) is 0. The molecule has 232 valence electrons. The molecule has 0 atom stereocenters. The Balaban J connectivity index is 6.98. The van der Waals surface area contributed by atoms with Crippen LogP contribution < -0.4 is 0 Å². The molecule has 0 amide bonds. The third-order valence-corrected chi connectivity index (χ3v) is 5.20. The van der Waals surface area contributed by atoms with E-state index in [1.807, 2.05) is 0 Å². The maximum Gasteiger partial charge on any atom is 0.385 e. The van der Waals surface area contributed by atoms with Crippen molar-refractivity contribution in [1.82, 2.24) is 0 Å². The van der Waals surface area contributed by atoms with Crippen LogP contribution in [0.3, 0.4) is 0 Å². The highest BCUT2D eigenvalue weighted by molar-refractivity contribution is 5.18. The Morgan fingerprint density at radius 1 is 0.410 bits per heavy atom. The van der Waals surface area contributed by atoms with Crippen LogP contribution in [-0.2, 0) is 0 Å². The minimum Gasteiger partial charge on any atom is -0.200 e. The van der Waals surface area contributed by atoms with Gasteiger partial charge in [0, 0.05) is 12.8 Å². The van der Waals surface area contributed by atoms with E-state index in [1.165, 1.54) is 0 Å². The third-order valence-electron chi connectivity index (χ3n) is 5.20. The average Bonchev–Trinajstić information content (AvgIpc) is 2.76. The minimum absolute atomic E-state index is 0.264. The normalized spacial score (nSPS) is 16.2. The van der Waals surface area contributed by atoms with Crippen molar-refractivity contribution in [2.45, 2.75) is 91.8 Å². The Hall–Kier alpha value is -1.92. The Bertz CT molecular complexity index is 881. The lowest BCUT2D eigenvalue weighted by molar-refractivity contribution is -0.469. The zero-order valence-corrected chi connectivity index (χ0v) is 18.8. The summed E-state index contributed by atoms with van der Waals surface area (Å²) in [6.45, 7) is 3.65. The van der Waals surface area contributed by atoms with Crippen LogP contribution in [0.1, 0.15) is 32.6 Å². The molecule has 0 bridgehead atoms. The van der Waals surface area contributed by atoms with Crippen LogP contribution in [0.4, 0.5) is 87.8 Å². The fourth-order valence-electron chi connectivity index (χ4n) is 2.67. The van der Waals surface area contributed by atoms with Gasteiger partial charge >= 0.3 is 59.2 Å². The molecule has 0 aliphatic heterocycles. The molecule has 0 radical (unpaired) electrons. The van der Waals surface area contributed by atoms with Crippen LogP contribution in [0, 0.1) is 0 Å². The third kappa shape index (κ3) is 5.16. The summed E-state index contributed by atoms with van der Waals surface area (Å²) in [4.78, 5) is 0. The summed E-state index contributed by atoms with van der Waals surface area (Å²) in [5.74, 6) is -81.2. The van der Waals surface area contributed by atoms with Crippen molar-refractivity contribution >= 4 is 0 Å². The van der Waals surface area contributed by atoms with Crippen molar-refractivity contribution in [2.75, 3.05) is 0 Å². The van der Waals surface area contributed by atoms with E-state index in [0.717, 1.165) is 13.0 Å². The van der Waals surface area contributed by atoms with Crippen LogP contribution in [0.2, 0.25) is 0 Å². The van der Waals surface area contributed by atoms with E-state index in [1.54, 1.807) is 0 Å². The Kier molecular flexibility index (Phi) is 9.97. The SMILES string of the molecule is C=CCCC(F)(F)C(F)(F)C(F)(F)C(F)(F)C(F)(F)C(F)(F)C(F)(F)C(F)(F)C(F)(F)C(F)(F)CC/C=C/C. The summed E-state index contributed by atoms with van der Waals surface area (Å²) in [5.41, 5.74) is 0. The van der Waals surface area contributed by atoms with Gasteiger partial charge in [-0.2, -0.15) is 87.8 Å². The van der Waals surface area contributed by atoms with Gasteiger partial charge in [-0.05, 0) is 19.8 Å². The first-order valence-corrected chi connectivity index (χ1v) is 9.87. The van der Waals surface area contributed by atoms with E-state index in [4.69, 9.17) is 0 Å². The maximum atomic E-state index is 13.8. The maximum absolute atomic E-state index is 13.8. The molecule has 0 aromatic heterocycles. The standard InChI is InChI=1S/C19H16F20/c1-3-5-7-9-11(22,23)13(26,27)15(30,31)17(34,35)19(38,39)18(36,37)16(32,33)14(28,29)12(24,25)10(20,21)8-6-4-2/h3-5H,2,6-9H2,1H3/b5-3+. The molecule has 0 N–H and O–H groups in total. The molecule has 0 nitrogen and oxygen atoms in total. The predicted molar refractivity (Wildman–Crippen MR) is 92.9 cm³/mol. The van der Waals surface area contributed by atoms with E-state index in [0.29, 0.717) is 6.08 Å². The molecule has 0 aliphatic rings. The quantitative estimate of drug-likeness (QED) is 0.126. The van der Waals surface area contributed by atoms with Crippen LogP contribution >= 0.6 is 0 Å². The molecule has 20 heteroatoms. The van der Waals surface area contributed by atoms with E-state index < -0.39 is 84.9 Å². The molecular formula is C19H16F20. The van der Waals surface area contributed by atoms with Gasteiger partial charge in [0.1, 0.15) is 0 Å². The van der Waals surface area contributed by atoms with Crippen LogP contribution in [-0.4, -0.2) is 59.2 Å². The predicted octanol–water partition coefficient (Wildman–Crippen LogP) is 9.66. The van der Waals surface area contributed by atoms with Gasteiger partial charge in [-0.1, -0.05) is 18.2 Å². The van der Waals surface area contributed by atoms with Gasteiger partial charge in [0.2, 0.25) is 0 Å². The van der Waals surface area contributed by atoms with Gasteiger partial charge in [0.15, 0.2) is 0 Å². The molecule has 0 saturated heterocycles. The summed E-state index contributed by atoms with van der Waals surface area (Å²) in [6.07, 6.45) is -6.42. The monoisotopic (exact) mass is 624 g/mol. The molecule has 0 unspecified atom stereocenters. The molecule has 0 aromatic rings. The number of halogens is 20. The van der Waals surface area contributed by atoms with E-state index in [-0.39, 0.29) is 6.08 Å². The second-order valence-electron chi connectivity index (χ2n) is 7.94. The first kappa shape index (κ1) is 37.1. The zero-order valence-electron chi connectivity index (χ0n) is 18.8. The summed E-state index contributed by atoms with van der Waals surface area (Å²) >= 11 is 0. The van der Waals surface area contributed by atoms with E-state index in [2.05, 4.69) is 6.58 Å². The second kappa shape index (κ2) is 10.5. The van der Waals surface area contributed by atoms with Crippen molar-refractivity contribution in [3.63, 3.8) is 0 Å². The summed E-state index contributed by atoms with van der Waals surface area (Å²) in [6, 6.07) is 0. The highest BCUT2D eigenvalue weighted by atomic mass is 19.4. The smallest absolute Gasteiger partial charge is 0.200 e. The van der Waals surface area contributed by atoms with Crippen LogP contribution in [0.15, 0.2) is 24.8 Å². The first-order chi connectivity index (χ1) is 16.9. The largest absolute Gasteiger partial charge is 0.385 e. The lowest BCUT2D eigenvalue weighted by Crippen LogP contribution is -2.77. The first-order valence-electron chi connectivity index (χ1n) is 9.87. The fraction of sp³-hybridized carbons (Fsp3) is 0.789. The van der Waals surface area contributed by atoms with Crippen molar-refractivity contribution in [3.05, 3.63) is 24.8 Å². The molecule has 0 spiro atoms. The number of alkyl halides is 20. The van der Waals surface area contributed by atoms with Gasteiger partial charge in [0.05, 0.1) is 0 Å². The molecule has 0 heterocycles. The van der Waals surface area contributed by atoms with E-state index >= 15 is 0 Å². The second-order valence-corrected chi connectivity index (χ2v) is 7.94. The molecule has 39 heavy (non-hydrogen) atoms. The Morgan fingerprint density at radius 2 is 0.641 bits per heavy atom. The molecule has 0 aromatic carbocycles. The van der Waals surface area contributed by atoms with Crippen molar-refractivity contribution in [3.8, 4) is 0 Å². The number of rotatable bonds is 15. The number of allylic oxidation sites excluding steroid dienone is 3. The molecule has 0 fully saturated rings. The fourth-order valence-corrected chi connectivity index (χ4v) is 2.67. The molecule has 0 rings (SSSR count). The molecule has 0 saturated carbocycles. The average molecular weight is 624 g/mol.